The first-order valence-corrected chi connectivity index (χ1v) is 8.32. The van der Waals surface area contributed by atoms with Crippen LogP contribution < -0.4 is 0 Å². The Morgan fingerprint density at radius 1 is 0.778 bits per heavy atom. The van der Waals surface area contributed by atoms with Crippen molar-refractivity contribution < 1.29 is 0 Å². The van der Waals surface area contributed by atoms with Crippen molar-refractivity contribution in [3.8, 4) is 0 Å². The van der Waals surface area contributed by atoms with Crippen LogP contribution in [0.4, 0.5) is 0 Å². The van der Waals surface area contributed by atoms with Crippen molar-refractivity contribution in [2.45, 2.75) is 70.6 Å². The zero-order valence-corrected chi connectivity index (χ0v) is 11.7. The van der Waals surface area contributed by atoms with Gasteiger partial charge < -0.3 is 0 Å². The number of rotatable bonds is 2. The maximum atomic E-state index is 2.69. The first-order chi connectivity index (χ1) is 8.93. The van der Waals surface area contributed by atoms with Crippen LogP contribution in [0.25, 0.3) is 0 Å². The van der Waals surface area contributed by atoms with E-state index in [9.17, 15) is 0 Å². The fourth-order valence-corrected chi connectivity index (χ4v) is 4.33. The van der Waals surface area contributed by atoms with Crippen LogP contribution in [0.3, 0.4) is 0 Å². The average Bonchev–Trinajstić information content (AvgIpc) is 2.49. The molecular weight excluding hydrogens is 216 g/mol. The van der Waals surface area contributed by atoms with E-state index in [0.29, 0.717) is 0 Å². The normalized spacial score (nSPS) is 31.3. The van der Waals surface area contributed by atoms with Gasteiger partial charge in [0.05, 0.1) is 0 Å². The largest absolute Gasteiger partial charge is 0.0837 e. The van der Waals surface area contributed by atoms with Crippen molar-refractivity contribution in [1.82, 2.24) is 0 Å². The zero-order chi connectivity index (χ0) is 12.2. The highest BCUT2D eigenvalue weighted by Gasteiger charge is 2.25. The quantitative estimate of drug-likeness (QED) is 0.589. The summed E-state index contributed by atoms with van der Waals surface area (Å²) in [5.74, 6) is 2.79. The molecule has 0 aromatic heterocycles. The molecule has 0 aliphatic heterocycles. The molecule has 0 bridgehead atoms. The number of hydrogen-bond acceptors (Lipinski definition) is 0. The van der Waals surface area contributed by atoms with E-state index in [-0.39, 0.29) is 0 Å². The molecule has 18 heavy (non-hydrogen) atoms. The van der Waals surface area contributed by atoms with Gasteiger partial charge >= 0.3 is 0 Å². The van der Waals surface area contributed by atoms with Gasteiger partial charge in [0.25, 0.3) is 0 Å². The molecule has 3 aliphatic carbocycles. The molecule has 0 N–H and O–H groups in total. The monoisotopic (exact) mass is 244 g/mol. The minimum atomic E-state index is 0.882. The van der Waals surface area contributed by atoms with Crippen LogP contribution >= 0.6 is 0 Å². The van der Waals surface area contributed by atoms with E-state index < -0.39 is 0 Å². The SMILES string of the molecule is C1=CC(C2CCCCC2)=CC(C2CCCCC2)C1. The lowest BCUT2D eigenvalue weighted by Gasteiger charge is -2.32. The molecule has 0 aromatic rings. The van der Waals surface area contributed by atoms with Gasteiger partial charge in [-0.3, -0.25) is 0 Å². The van der Waals surface area contributed by atoms with Gasteiger partial charge in [-0.2, -0.15) is 0 Å². The Bertz CT molecular complexity index is 311. The van der Waals surface area contributed by atoms with E-state index in [0.717, 1.165) is 17.8 Å². The van der Waals surface area contributed by atoms with Crippen LogP contribution in [0.1, 0.15) is 70.6 Å². The Balaban J connectivity index is 1.65. The second-order valence-electron chi connectivity index (χ2n) is 6.70. The maximum Gasteiger partial charge on any atom is -0.0165 e. The van der Waals surface area contributed by atoms with E-state index in [1.807, 2.05) is 0 Å². The predicted molar refractivity (Wildman–Crippen MR) is 78.5 cm³/mol. The molecule has 0 heterocycles. The molecule has 0 amide bonds. The summed E-state index contributed by atoms with van der Waals surface area (Å²) in [6.45, 7) is 0. The van der Waals surface area contributed by atoms with E-state index in [4.69, 9.17) is 0 Å². The molecule has 0 heteroatoms. The minimum Gasteiger partial charge on any atom is -0.0837 e. The molecule has 100 valence electrons. The molecule has 2 fully saturated rings. The highest BCUT2D eigenvalue weighted by molar-refractivity contribution is 5.27. The van der Waals surface area contributed by atoms with Crippen LogP contribution in [0, 0.1) is 17.8 Å². The van der Waals surface area contributed by atoms with Crippen molar-refractivity contribution >= 4 is 0 Å². The molecule has 0 saturated heterocycles. The van der Waals surface area contributed by atoms with Gasteiger partial charge in [0, 0.05) is 0 Å². The molecule has 1 unspecified atom stereocenters. The highest BCUT2D eigenvalue weighted by atomic mass is 14.3. The summed E-state index contributed by atoms with van der Waals surface area (Å²) >= 11 is 0. The molecule has 3 rings (SSSR count). The second-order valence-corrected chi connectivity index (χ2v) is 6.70. The smallest absolute Gasteiger partial charge is 0.0165 e. The van der Waals surface area contributed by atoms with Crippen molar-refractivity contribution in [3.05, 3.63) is 23.8 Å². The zero-order valence-electron chi connectivity index (χ0n) is 11.7. The van der Waals surface area contributed by atoms with Gasteiger partial charge in [0.15, 0.2) is 0 Å². The summed E-state index contributed by atoms with van der Waals surface area (Å²) in [5.41, 5.74) is 1.71. The summed E-state index contributed by atoms with van der Waals surface area (Å²) in [6, 6.07) is 0. The maximum absolute atomic E-state index is 2.69. The first-order valence-electron chi connectivity index (χ1n) is 8.32. The lowest BCUT2D eigenvalue weighted by atomic mass is 9.73. The highest BCUT2D eigenvalue weighted by Crippen LogP contribution is 2.38. The Kier molecular flexibility index (Phi) is 4.23. The van der Waals surface area contributed by atoms with E-state index in [1.54, 1.807) is 5.57 Å². The van der Waals surface area contributed by atoms with Crippen molar-refractivity contribution in [2.75, 3.05) is 0 Å². The van der Waals surface area contributed by atoms with Gasteiger partial charge in [-0.1, -0.05) is 56.8 Å². The van der Waals surface area contributed by atoms with Crippen molar-refractivity contribution in [2.24, 2.45) is 17.8 Å². The number of hydrogen-bond donors (Lipinski definition) is 0. The van der Waals surface area contributed by atoms with Crippen LogP contribution in [0.15, 0.2) is 23.8 Å². The Hall–Kier alpha value is -0.520. The van der Waals surface area contributed by atoms with Gasteiger partial charge in [-0.05, 0) is 55.4 Å². The Morgan fingerprint density at radius 3 is 2.17 bits per heavy atom. The predicted octanol–water partition coefficient (Wildman–Crippen LogP) is 5.65. The number of allylic oxidation sites excluding steroid dienone is 4. The molecule has 3 aliphatic rings. The minimum absolute atomic E-state index is 0.882. The second kappa shape index (κ2) is 6.08. The molecule has 1 atom stereocenters. The van der Waals surface area contributed by atoms with Crippen molar-refractivity contribution in [1.29, 1.82) is 0 Å². The molecule has 2 saturated carbocycles. The molecule has 0 nitrogen and oxygen atoms in total. The van der Waals surface area contributed by atoms with Crippen LogP contribution in [0.2, 0.25) is 0 Å². The third kappa shape index (κ3) is 2.90. The summed E-state index contributed by atoms with van der Waals surface area (Å²) < 4.78 is 0. The summed E-state index contributed by atoms with van der Waals surface area (Å²) in [4.78, 5) is 0. The Morgan fingerprint density at radius 2 is 1.44 bits per heavy atom. The molecule has 0 spiro atoms. The van der Waals surface area contributed by atoms with E-state index >= 15 is 0 Å². The van der Waals surface area contributed by atoms with Gasteiger partial charge in [-0.25, -0.2) is 0 Å². The van der Waals surface area contributed by atoms with Gasteiger partial charge in [0.1, 0.15) is 0 Å². The van der Waals surface area contributed by atoms with Crippen molar-refractivity contribution in [3.63, 3.8) is 0 Å². The summed E-state index contributed by atoms with van der Waals surface area (Å²) in [7, 11) is 0. The van der Waals surface area contributed by atoms with Crippen LogP contribution in [-0.4, -0.2) is 0 Å². The van der Waals surface area contributed by atoms with Gasteiger partial charge in [-0.15, -0.1) is 0 Å². The lowest BCUT2D eigenvalue weighted by molar-refractivity contribution is 0.282. The fourth-order valence-electron chi connectivity index (χ4n) is 4.33. The third-order valence-corrected chi connectivity index (χ3v) is 5.46. The Labute approximate surface area is 113 Å². The summed E-state index contributed by atoms with van der Waals surface area (Å²) in [6.07, 6.45) is 23.7. The first kappa shape index (κ1) is 12.5. The van der Waals surface area contributed by atoms with Crippen LogP contribution in [-0.2, 0) is 0 Å². The molecular formula is C18H28. The van der Waals surface area contributed by atoms with E-state index in [2.05, 4.69) is 18.2 Å². The average molecular weight is 244 g/mol. The topological polar surface area (TPSA) is 0 Å². The molecule has 0 aromatic carbocycles. The van der Waals surface area contributed by atoms with Gasteiger partial charge in [0.2, 0.25) is 0 Å². The lowest BCUT2D eigenvalue weighted by Crippen LogP contribution is -2.19. The third-order valence-electron chi connectivity index (χ3n) is 5.46. The van der Waals surface area contributed by atoms with E-state index in [1.165, 1.54) is 70.6 Å². The molecule has 0 radical (unpaired) electrons. The fraction of sp³-hybridized carbons (Fsp3) is 0.778. The summed E-state index contributed by atoms with van der Waals surface area (Å²) in [5, 5.41) is 0. The standard InChI is InChI=1S/C18H28/c1-3-8-15(9-4-1)17-12-7-13-18(14-17)16-10-5-2-6-11-16/h7,12,14-16,18H,1-6,8-11,13H2. The van der Waals surface area contributed by atoms with Crippen LogP contribution in [0.5, 0.6) is 0 Å².